The van der Waals surface area contributed by atoms with Crippen molar-refractivity contribution in [3.8, 4) is 21.6 Å². The van der Waals surface area contributed by atoms with Gasteiger partial charge in [-0.3, -0.25) is 9.59 Å². The number of carbonyl (C=O) groups excluding carboxylic acids is 2. The van der Waals surface area contributed by atoms with Crippen molar-refractivity contribution in [1.29, 1.82) is 0 Å². The number of ether oxygens (including phenoxy) is 1. The lowest BCUT2D eigenvalue weighted by Crippen LogP contribution is -2.50. The fourth-order valence-electron chi connectivity index (χ4n) is 5.29. The minimum absolute atomic E-state index is 0.0182. The van der Waals surface area contributed by atoms with E-state index in [-0.39, 0.29) is 17.6 Å². The van der Waals surface area contributed by atoms with E-state index in [1.807, 2.05) is 48.5 Å². The fraction of sp³-hybridized carbons (Fsp3) is 0.400. The van der Waals surface area contributed by atoms with Crippen LogP contribution in [0.5, 0.6) is 0 Å². The third-order valence-corrected chi connectivity index (χ3v) is 12.9. The second-order valence-corrected chi connectivity index (χ2v) is 20.4. The van der Waals surface area contributed by atoms with E-state index in [1.165, 1.54) is 18.3 Å². The lowest BCUT2D eigenvalue weighted by atomic mass is 9.91. The van der Waals surface area contributed by atoms with Crippen molar-refractivity contribution in [3.63, 3.8) is 0 Å². The summed E-state index contributed by atoms with van der Waals surface area (Å²) in [6.07, 6.45) is 2.03. The Morgan fingerprint density at radius 3 is 2.13 bits per heavy atom. The number of thiophene rings is 1. The number of hydrogen-bond donors (Lipinski definition) is 1. The molecule has 1 aromatic heterocycles. The van der Waals surface area contributed by atoms with E-state index in [9.17, 15) is 18.0 Å². The number of sulfone groups is 1. The molecular formula is C30H37NO5S2Si. The molecule has 0 spiro atoms. The van der Waals surface area contributed by atoms with Gasteiger partial charge in [0.25, 0.3) is 5.91 Å². The highest BCUT2D eigenvalue weighted by atomic mass is 32.2. The van der Waals surface area contributed by atoms with E-state index >= 15 is 0 Å². The Morgan fingerprint density at radius 2 is 1.56 bits per heavy atom. The van der Waals surface area contributed by atoms with E-state index in [2.05, 4.69) is 25.0 Å². The van der Waals surface area contributed by atoms with E-state index in [4.69, 9.17) is 4.74 Å². The van der Waals surface area contributed by atoms with Gasteiger partial charge < -0.3 is 10.1 Å². The van der Waals surface area contributed by atoms with E-state index in [0.717, 1.165) is 40.5 Å². The first-order valence-corrected chi connectivity index (χ1v) is 19.5. The van der Waals surface area contributed by atoms with Crippen LogP contribution in [0, 0.1) is 5.92 Å². The summed E-state index contributed by atoms with van der Waals surface area (Å²) in [5, 5.41) is 2.62. The van der Waals surface area contributed by atoms with Gasteiger partial charge in [-0.15, -0.1) is 11.3 Å². The van der Waals surface area contributed by atoms with Crippen molar-refractivity contribution in [1.82, 2.24) is 5.32 Å². The van der Waals surface area contributed by atoms with Crippen molar-refractivity contribution >= 4 is 41.1 Å². The van der Waals surface area contributed by atoms with E-state index in [0.29, 0.717) is 16.9 Å². The van der Waals surface area contributed by atoms with Gasteiger partial charge in [-0.05, 0) is 60.2 Å². The van der Waals surface area contributed by atoms with Crippen LogP contribution in [0.15, 0.2) is 60.7 Å². The smallest absolute Gasteiger partial charge is 0.304 e. The standard InChI is InChI=1S/C30H37NO5S2Si/c1-21(32)36-30(26(18-20-39(3,4)5)7-6-19-38(30,34)35)28-17-16-27(37-28)24-12-8-22(9-13-24)23-10-14-25(15-11-23)29(33)31-2/h8-17,26H,6-7,18-20H2,1-5H3,(H,31,33)/t26?,30-/m0/s1. The molecule has 1 unspecified atom stereocenters. The lowest BCUT2D eigenvalue weighted by molar-refractivity contribution is -0.154. The van der Waals surface area contributed by atoms with Gasteiger partial charge in [-0.2, -0.15) is 0 Å². The van der Waals surface area contributed by atoms with Gasteiger partial charge in [0, 0.05) is 38.4 Å². The van der Waals surface area contributed by atoms with Crippen LogP contribution in [0.3, 0.4) is 0 Å². The van der Waals surface area contributed by atoms with Gasteiger partial charge in [0.05, 0.1) is 10.6 Å². The number of benzene rings is 2. The van der Waals surface area contributed by atoms with Crippen LogP contribution in [-0.2, 0) is 24.3 Å². The first-order valence-electron chi connectivity index (χ1n) is 13.3. The van der Waals surface area contributed by atoms with Crippen LogP contribution in [0.1, 0.15) is 41.4 Å². The predicted octanol–water partition coefficient (Wildman–Crippen LogP) is 6.71. The Balaban J connectivity index is 1.67. The summed E-state index contributed by atoms with van der Waals surface area (Å²) in [5.74, 6) is -0.942. The summed E-state index contributed by atoms with van der Waals surface area (Å²) in [7, 11) is -3.55. The Labute approximate surface area is 236 Å². The molecule has 3 aromatic rings. The van der Waals surface area contributed by atoms with Gasteiger partial charge in [0.15, 0.2) is 9.84 Å². The normalized spacial score (nSPS) is 20.8. The van der Waals surface area contributed by atoms with Crippen LogP contribution < -0.4 is 5.32 Å². The minimum atomic E-state index is -3.72. The molecule has 4 rings (SSSR count). The molecule has 0 radical (unpaired) electrons. The van der Waals surface area contributed by atoms with E-state index < -0.39 is 28.8 Å². The fourth-order valence-corrected chi connectivity index (χ4v) is 10.3. The molecule has 2 aromatic carbocycles. The number of hydrogen-bond acceptors (Lipinski definition) is 6. The molecule has 1 aliphatic heterocycles. The highest BCUT2D eigenvalue weighted by Gasteiger charge is 2.57. The van der Waals surface area contributed by atoms with Gasteiger partial charge in [-0.1, -0.05) is 62.1 Å². The maximum absolute atomic E-state index is 13.7. The first-order chi connectivity index (χ1) is 18.4. The largest absolute Gasteiger partial charge is 0.437 e. The zero-order valence-corrected chi connectivity index (χ0v) is 25.9. The molecule has 1 amide bonds. The summed E-state index contributed by atoms with van der Waals surface area (Å²) >= 11 is 1.39. The van der Waals surface area contributed by atoms with Gasteiger partial charge in [-0.25, -0.2) is 8.42 Å². The van der Waals surface area contributed by atoms with Crippen molar-refractivity contribution in [3.05, 3.63) is 71.1 Å². The summed E-state index contributed by atoms with van der Waals surface area (Å²) in [6.45, 7) is 8.14. The van der Waals surface area contributed by atoms with Gasteiger partial charge >= 0.3 is 5.97 Å². The maximum atomic E-state index is 13.7. The van der Waals surface area contributed by atoms with Crippen LogP contribution in [-0.4, -0.2) is 41.2 Å². The molecule has 0 aliphatic carbocycles. The second kappa shape index (κ2) is 11.4. The molecule has 6 nitrogen and oxygen atoms in total. The zero-order valence-electron chi connectivity index (χ0n) is 23.2. The van der Waals surface area contributed by atoms with Crippen molar-refractivity contribution in [2.24, 2.45) is 5.92 Å². The zero-order chi connectivity index (χ0) is 28.4. The quantitative estimate of drug-likeness (QED) is 0.235. The van der Waals surface area contributed by atoms with Gasteiger partial charge in [0.1, 0.15) is 0 Å². The van der Waals surface area contributed by atoms with E-state index in [1.54, 1.807) is 19.2 Å². The summed E-state index contributed by atoms with van der Waals surface area (Å²) in [6, 6.07) is 20.2. The third-order valence-electron chi connectivity index (χ3n) is 7.33. The van der Waals surface area contributed by atoms with Crippen molar-refractivity contribution in [2.75, 3.05) is 12.8 Å². The molecule has 1 saturated heterocycles. The molecule has 208 valence electrons. The molecule has 2 heterocycles. The number of amides is 1. The average molecular weight is 584 g/mol. The number of esters is 1. The Hall–Kier alpha value is -2.75. The van der Waals surface area contributed by atoms with Crippen LogP contribution in [0.2, 0.25) is 25.7 Å². The Kier molecular flexibility index (Phi) is 8.54. The van der Waals surface area contributed by atoms with Gasteiger partial charge in [0.2, 0.25) is 4.93 Å². The summed E-state index contributed by atoms with van der Waals surface area (Å²) in [4.78, 5) is 24.1. The maximum Gasteiger partial charge on any atom is 0.304 e. The third kappa shape index (κ3) is 6.20. The van der Waals surface area contributed by atoms with Crippen molar-refractivity contribution in [2.45, 2.75) is 56.8 Å². The number of carbonyl (C=O) groups is 2. The minimum Gasteiger partial charge on any atom is -0.437 e. The van der Waals surface area contributed by atoms with Crippen LogP contribution in [0.25, 0.3) is 21.6 Å². The molecule has 0 bridgehead atoms. The topological polar surface area (TPSA) is 89.5 Å². The molecule has 0 saturated carbocycles. The summed E-state index contributed by atoms with van der Waals surface area (Å²) < 4.78 is 33.3. The molecule has 1 aliphatic rings. The molecule has 39 heavy (non-hydrogen) atoms. The highest BCUT2D eigenvalue weighted by Crippen LogP contribution is 2.51. The molecule has 9 heteroatoms. The first kappa shape index (κ1) is 29.2. The molecule has 1 fully saturated rings. The van der Waals surface area contributed by atoms with Crippen LogP contribution in [0.4, 0.5) is 0 Å². The molecule has 2 atom stereocenters. The number of nitrogens with one attached hydrogen (secondary N) is 1. The Morgan fingerprint density at radius 1 is 0.974 bits per heavy atom. The molecular weight excluding hydrogens is 547 g/mol. The summed E-state index contributed by atoms with van der Waals surface area (Å²) in [5.41, 5.74) is 3.57. The predicted molar refractivity (Wildman–Crippen MR) is 161 cm³/mol. The lowest BCUT2D eigenvalue weighted by Gasteiger charge is -2.42. The number of rotatable bonds is 8. The van der Waals surface area contributed by atoms with Crippen molar-refractivity contribution < 1.29 is 22.7 Å². The molecule has 1 N–H and O–H groups in total. The second-order valence-electron chi connectivity index (χ2n) is 11.4. The van der Waals surface area contributed by atoms with Crippen LogP contribution >= 0.6 is 11.3 Å². The monoisotopic (exact) mass is 583 g/mol. The average Bonchev–Trinajstić information content (AvgIpc) is 3.38. The Bertz CT molecular complexity index is 1440. The SMILES string of the molecule is CNC(=O)c1ccc(-c2ccc(-c3ccc([C@]4(OC(C)=O)C(CC[Si](C)(C)C)CCCS4(=O)=O)s3)cc2)cc1. The highest BCUT2D eigenvalue weighted by molar-refractivity contribution is 7.92.